The van der Waals surface area contributed by atoms with Crippen molar-refractivity contribution in [1.82, 2.24) is 9.97 Å². The summed E-state index contributed by atoms with van der Waals surface area (Å²) in [5.74, 6) is 0.198. The van der Waals surface area contributed by atoms with Gasteiger partial charge in [0, 0.05) is 0 Å². The van der Waals surface area contributed by atoms with Crippen molar-refractivity contribution in [3.8, 4) is 0 Å². The number of carbonyl (C=O) groups excluding carboxylic acids is 1. The molecule has 0 spiro atoms. The van der Waals surface area contributed by atoms with E-state index in [2.05, 4.69) is 15.3 Å². The molecule has 0 bridgehead atoms. The Hall–Kier alpha value is -1.88. The van der Waals surface area contributed by atoms with Crippen LogP contribution in [0, 0.1) is 0 Å². The molecule has 17 heavy (non-hydrogen) atoms. The standard InChI is InChI=1S/C11H10ClN3O2/c1-2-17-11(16)15-10-9(12)13-7-5-3-4-6-8(7)14-10/h3-6H,2H2,1H3,(H,14,15,16). The monoisotopic (exact) mass is 251 g/mol. The molecule has 88 valence electrons. The largest absolute Gasteiger partial charge is 0.450 e. The first-order chi connectivity index (χ1) is 8.20. The van der Waals surface area contributed by atoms with Gasteiger partial charge in [0.1, 0.15) is 0 Å². The van der Waals surface area contributed by atoms with Crippen molar-refractivity contribution in [3.63, 3.8) is 0 Å². The molecule has 1 aromatic carbocycles. The Morgan fingerprint density at radius 1 is 1.35 bits per heavy atom. The molecule has 0 unspecified atom stereocenters. The van der Waals surface area contributed by atoms with Crippen LogP contribution in [0.3, 0.4) is 0 Å². The second kappa shape index (κ2) is 4.97. The van der Waals surface area contributed by atoms with Gasteiger partial charge >= 0.3 is 6.09 Å². The smallest absolute Gasteiger partial charge is 0.412 e. The molecule has 0 radical (unpaired) electrons. The van der Waals surface area contributed by atoms with Gasteiger partial charge in [0.2, 0.25) is 0 Å². The van der Waals surface area contributed by atoms with Crippen molar-refractivity contribution in [2.24, 2.45) is 0 Å². The molecule has 0 saturated carbocycles. The van der Waals surface area contributed by atoms with Gasteiger partial charge in [-0.1, -0.05) is 23.7 Å². The average molecular weight is 252 g/mol. The number of anilines is 1. The van der Waals surface area contributed by atoms with Crippen LogP contribution in [-0.2, 0) is 4.74 Å². The zero-order valence-electron chi connectivity index (χ0n) is 9.11. The van der Waals surface area contributed by atoms with Crippen LogP contribution in [-0.4, -0.2) is 22.7 Å². The minimum Gasteiger partial charge on any atom is -0.450 e. The SMILES string of the molecule is CCOC(=O)Nc1nc2ccccc2nc1Cl. The van der Waals surface area contributed by atoms with Crippen LogP contribution in [0.15, 0.2) is 24.3 Å². The highest BCUT2D eigenvalue weighted by atomic mass is 35.5. The van der Waals surface area contributed by atoms with Crippen LogP contribution in [0.2, 0.25) is 5.15 Å². The van der Waals surface area contributed by atoms with E-state index in [1.165, 1.54) is 0 Å². The summed E-state index contributed by atoms with van der Waals surface area (Å²) in [4.78, 5) is 19.6. The summed E-state index contributed by atoms with van der Waals surface area (Å²) >= 11 is 5.90. The van der Waals surface area contributed by atoms with Crippen molar-refractivity contribution in [3.05, 3.63) is 29.4 Å². The summed E-state index contributed by atoms with van der Waals surface area (Å²) in [7, 11) is 0. The molecule has 1 heterocycles. The number of benzene rings is 1. The molecule has 0 saturated heterocycles. The van der Waals surface area contributed by atoms with E-state index in [0.717, 1.165) is 0 Å². The molecule has 0 aliphatic carbocycles. The summed E-state index contributed by atoms with van der Waals surface area (Å²) in [6.07, 6.45) is -0.598. The van der Waals surface area contributed by atoms with Crippen LogP contribution in [0.4, 0.5) is 10.6 Å². The average Bonchev–Trinajstić information content (AvgIpc) is 2.30. The van der Waals surface area contributed by atoms with Crippen molar-refractivity contribution >= 4 is 34.5 Å². The number of fused-ring (bicyclic) bond motifs is 1. The Kier molecular flexibility index (Phi) is 3.39. The summed E-state index contributed by atoms with van der Waals surface area (Å²) in [5.41, 5.74) is 1.33. The summed E-state index contributed by atoms with van der Waals surface area (Å²) in [6, 6.07) is 7.25. The number of amides is 1. The number of carbonyl (C=O) groups is 1. The van der Waals surface area contributed by atoms with Gasteiger partial charge in [0.15, 0.2) is 11.0 Å². The molecular formula is C11H10ClN3O2. The fourth-order valence-electron chi connectivity index (χ4n) is 1.32. The molecule has 0 atom stereocenters. The van der Waals surface area contributed by atoms with Gasteiger partial charge in [-0.15, -0.1) is 0 Å². The van der Waals surface area contributed by atoms with Crippen molar-refractivity contribution < 1.29 is 9.53 Å². The predicted octanol–water partition coefficient (Wildman–Crippen LogP) is 2.85. The maximum absolute atomic E-state index is 11.2. The molecule has 0 aliphatic rings. The molecule has 5 nitrogen and oxygen atoms in total. The molecule has 0 fully saturated rings. The van der Waals surface area contributed by atoms with Gasteiger partial charge in [0.05, 0.1) is 17.6 Å². The van der Waals surface area contributed by atoms with E-state index in [-0.39, 0.29) is 17.6 Å². The van der Waals surface area contributed by atoms with E-state index in [1.54, 1.807) is 19.1 Å². The molecule has 6 heteroatoms. The van der Waals surface area contributed by atoms with Gasteiger partial charge in [-0.2, -0.15) is 0 Å². The first kappa shape index (κ1) is 11.6. The predicted molar refractivity (Wildman–Crippen MR) is 65.2 cm³/mol. The third-order valence-corrected chi connectivity index (χ3v) is 2.29. The highest BCUT2D eigenvalue weighted by molar-refractivity contribution is 6.32. The van der Waals surface area contributed by atoms with Crippen LogP contribution >= 0.6 is 11.6 Å². The zero-order valence-corrected chi connectivity index (χ0v) is 9.86. The van der Waals surface area contributed by atoms with Gasteiger partial charge < -0.3 is 4.74 Å². The maximum atomic E-state index is 11.2. The first-order valence-corrected chi connectivity index (χ1v) is 5.44. The number of hydrogen-bond acceptors (Lipinski definition) is 4. The number of nitrogens with zero attached hydrogens (tertiary/aromatic N) is 2. The summed E-state index contributed by atoms with van der Waals surface area (Å²) in [5, 5.41) is 2.57. The second-order valence-corrected chi connectivity index (χ2v) is 3.56. The Bertz CT molecular complexity index is 559. The Morgan fingerprint density at radius 2 is 2.00 bits per heavy atom. The summed E-state index contributed by atoms with van der Waals surface area (Å²) in [6.45, 7) is 2.00. The highest BCUT2D eigenvalue weighted by Crippen LogP contribution is 2.20. The van der Waals surface area contributed by atoms with Gasteiger partial charge in [-0.25, -0.2) is 14.8 Å². The van der Waals surface area contributed by atoms with Crippen molar-refractivity contribution in [2.75, 3.05) is 11.9 Å². The third kappa shape index (κ3) is 2.62. The number of nitrogens with one attached hydrogen (secondary N) is 1. The maximum Gasteiger partial charge on any atom is 0.412 e. The van der Waals surface area contributed by atoms with Gasteiger partial charge in [0.25, 0.3) is 0 Å². The minimum absolute atomic E-state index is 0.136. The number of ether oxygens (including phenoxy) is 1. The Morgan fingerprint density at radius 3 is 2.65 bits per heavy atom. The van der Waals surface area contributed by atoms with E-state index in [1.807, 2.05) is 12.1 Å². The van der Waals surface area contributed by atoms with Gasteiger partial charge in [-0.05, 0) is 19.1 Å². The normalized spacial score (nSPS) is 10.2. The summed E-state index contributed by atoms with van der Waals surface area (Å²) < 4.78 is 4.74. The molecule has 1 amide bonds. The number of aromatic nitrogens is 2. The number of para-hydroxylation sites is 2. The van der Waals surface area contributed by atoms with Crippen LogP contribution < -0.4 is 5.32 Å². The molecule has 2 aromatic rings. The van der Waals surface area contributed by atoms with Crippen LogP contribution in [0.1, 0.15) is 6.92 Å². The van der Waals surface area contributed by atoms with E-state index >= 15 is 0 Å². The van der Waals surface area contributed by atoms with E-state index in [0.29, 0.717) is 11.0 Å². The molecule has 0 aliphatic heterocycles. The number of rotatable bonds is 2. The quantitative estimate of drug-likeness (QED) is 0.891. The molecule has 2 rings (SSSR count). The second-order valence-electron chi connectivity index (χ2n) is 3.20. The fourth-order valence-corrected chi connectivity index (χ4v) is 1.50. The zero-order chi connectivity index (χ0) is 12.3. The van der Waals surface area contributed by atoms with E-state index < -0.39 is 6.09 Å². The van der Waals surface area contributed by atoms with Crippen LogP contribution in [0.5, 0.6) is 0 Å². The Balaban J connectivity index is 2.34. The molecular weight excluding hydrogens is 242 g/mol. The lowest BCUT2D eigenvalue weighted by Crippen LogP contribution is -2.15. The lowest BCUT2D eigenvalue weighted by Gasteiger charge is -2.06. The van der Waals surface area contributed by atoms with Gasteiger partial charge in [-0.3, -0.25) is 5.32 Å². The Labute approximate surface area is 103 Å². The highest BCUT2D eigenvalue weighted by Gasteiger charge is 2.10. The van der Waals surface area contributed by atoms with Crippen molar-refractivity contribution in [1.29, 1.82) is 0 Å². The molecule has 1 N–H and O–H groups in total. The van der Waals surface area contributed by atoms with Crippen LogP contribution in [0.25, 0.3) is 11.0 Å². The number of hydrogen-bond donors (Lipinski definition) is 1. The number of halogens is 1. The first-order valence-electron chi connectivity index (χ1n) is 5.06. The lowest BCUT2D eigenvalue weighted by molar-refractivity contribution is 0.168. The van der Waals surface area contributed by atoms with E-state index in [9.17, 15) is 4.79 Å². The van der Waals surface area contributed by atoms with Crippen molar-refractivity contribution in [2.45, 2.75) is 6.92 Å². The molecule has 1 aromatic heterocycles. The van der Waals surface area contributed by atoms with E-state index in [4.69, 9.17) is 16.3 Å². The third-order valence-electron chi connectivity index (χ3n) is 2.02. The topological polar surface area (TPSA) is 64.1 Å². The fraction of sp³-hybridized carbons (Fsp3) is 0.182. The minimum atomic E-state index is -0.598. The lowest BCUT2D eigenvalue weighted by atomic mass is 10.3.